The normalized spacial score (nSPS) is 15.7. The highest BCUT2D eigenvalue weighted by molar-refractivity contribution is 7.46. The number of phosphoric acid groups is 1. The average molecular weight is 500 g/mol. The van der Waals surface area contributed by atoms with Crippen LogP contribution in [0.5, 0.6) is 0 Å². The maximum absolute atomic E-state index is 11.0. The molecule has 0 aliphatic carbocycles. The Morgan fingerprint density at radius 1 is 0.788 bits per heavy atom. The van der Waals surface area contributed by atoms with Crippen molar-refractivity contribution in [2.75, 3.05) is 46.1 Å². The van der Waals surface area contributed by atoms with Crippen LogP contribution in [0.4, 0.5) is 0 Å². The van der Waals surface area contributed by atoms with Gasteiger partial charge in [0.1, 0.15) is 0 Å². The Bertz CT molecular complexity index is 500. The molecule has 0 amide bonds. The van der Waals surface area contributed by atoms with Gasteiger partial charge in [0.2, 0.25) is 0 Å². The topological polar surface area (TPSA) is 131 Å². The van der Waals surface area contributed by atoms with Gasteiger partial charge in [0.05, 0.1) is 26.4 Å². The molecule has 0 radical (unpaired) electrons. The molecule has 0 heterocycles. The minimum atomic E-state index is -4.39. The van der Waals surface area contributed by atoms with Crippen molar-refractivity contribution in [3.8, 4) is 0 Å². The summed E-state index contributed by atoms with van der Waals surface area (Å²) in [7, 11) is -4.39. The Kier molecular flexibility index (Phi) is 18.5. The second kappa shape index (κ2) is 17.4. The molecule has 3 unspecified atom stereocenters. The lowest BCUT2D eigenvalue weighted by atomic mass is 9.76. The third-order valence-corrected chi connectivity index (χ3v) is 5.92. The molecular formula is C24H54NO7P. The van der Waals surface area contributed by atoms with E-state index < -0.39 is 7.82 Å². The van der Waals surface area contributed by atoms with E-state index in [9.17, 15) is 4.57 Å². The predicted molar refractivity (Wildman–Crippen MR) is 135 cm³/mol. The molecule has 0 aromatic rings. The fraction of sp³-hybridized carbons (Fsp3) is 1.00. The first-order valence-corrected chi connectivity index (χ1v) is 13.7. The minimum Gasteiger partial charge on any atom is -0.395 e. The fourth-order valence-electron chi connectivity index (χ4n) is 4.26. The largest absolute Gasteiger partial charge is 0.469 e. The smallest absolute Gasteiger partial charge is 0.395 e. The maximum atomic E-state index is 11.0. The van der Waals surface area contributed by atoms with Crippen molar-refractivity contribution in [2.24, 2.45) is 28.6 Å². The molecule has 33 heavy (non-hydrogen) atoms. The van der Waals surface area contributed by atoms with Crippen LogP contribution >= 0.6 is 7.82 Å². The number of nitrogens with zero attached hydrogens (tertiary/aromatic N) is 1. The molecule has 5 N–H and O–H groups in total. The van der Waals surface area contributed by atoms with Crippen LogP contribution in [0.2, 0.25) is 0 Å². The van der Waals surface area contributed by atoms with E-state index in [1.807, 2.05) is 0 Å². The van der Waals surface area contributed by atoms with E-state index in [0.29, 0.717) is 36.9 Å². The lowest BCUT2D eigenvalue weighted by molar-refractivity contribution is 0.118. The lowest BCUT2D eigenvalue weighted by Gasteiger charge is -2.31. The monoisotopic (exact) mass is 499 g/mol. The Balaban J connectivity index is 0. The van der Waals surface area contributed by atoms with Gasteiger partial charge in [0, 0.05) is 19.6 Å². The van der Waals surface area contributed by atoms with Crippen LogP contribution in [-0.4, -0.2) is 76.1 Å². The number of phosphoric ester groups is 1. The first-order chi connectivity index (χ1) is 14.9. The van der Waals surface area contributed by atoms with Crippen LogP contribution in [0.15, 0.2) is 0 Å². The standard InChI is InChI=1S/C18H39O4P.C6H15NO3/c1-14(11-17(3,4)5)9-10-16(13-22-23(19,20)21)15(2)12-18(6,7)8;8-4-1-7(2-5-9)3-6-10/h14-16H,9-13H2,1-8H3,(H2,19,20,21);8-10H,1-6H2. The van der Waals surface area contributed by atoms with Crippen molar-refractivity contribution in [3.63, 3.8) is 0 Å². The fourth-order valence-corrected chi connectivity index (χ4v) is 4.65. The van der Waals surface area contributed by atoms with E-state index in [1.54, 1.807) is 4.90 Å². The Morgan fingerprint density at radius 2 is 1.21 bits per heavy atom. The second-order valence-corrected chi connectivity index (χ2v) is 13.0. The summed E-state index contributed by atoms with van der Waals surface area (Å²) in [6, 6.07) is 0. The number of hydrogen-bond donors (Lipinski definition) is 5. The van der Waals surface area contributed by atoms with Crippen molar-refractivity contribution in [3.05, 3.63) is 0 Å². The van der Waals surface area contributed by atoms with Crippen LogP contribution in [-0.2, 0) is 9.09 Å². The van der Waals surface area contributed by atoms with Crippen LogP contribution in [0.25, 0.3) is 0 Å². The van der Waals surface area contributed by atoms with Crippen LogP contribution in [0, 0.1) is 28.6 Å². The highest BCUT2D eigenvalue weighted by Crippen LogP contribution is 2.40. The molecule has 0 saturated heterocycles. The lowest BCUT2D eigenvalue weighted by Crippen LogP contribution is -2.32. The number of rotatable bonds is 15. The molecule has 0 rings (SSSR count). The van der Waals surface area contributed by atoms with Gasteiger partial charge in [0.15, 0.2) is 0 Å². The van der Waals surface area contributed by atoms with Gasteiger partial charge in [0.25, 0.3) is 0 Å². The summed E-state index contributed by atoms with van der Waals surface area (Å²) in [5.74, 6) is 1.17. The van der Waals surface area contributed by atoms with Crippen molar-refractivity contribution in [2.45, 2.75) is 81.1 Å². The first kappa shape index (κ1) is 35.1. The Morgan fingerprint density at radius 3 is 1.55 bits per heavy atom. The van der Waals surface area contributed by atoms with Gasteiger partial charge < -0.3 is 25.1 Å². The third-order valence-electron chi connectivity index (χ3n) is 5.44. The predicted octanol–water partition coefficient (Wildman–Crippen LogP) is 3.90. The zero-order valence-corrected chi connectivity index (χ0v) is 23.4. The zero-order chi connectivity index (χ0) is 26.3. The van der Waals surface area contributed by atoms with Crippen molar-refractivity contribution in [1.82, 2.24) is 4.90 Å². The summed E-state index contributed by atoms with van der Waals surface area (Å²) in [5.41, 5.74) is 0.519. The first-order valence-electron chi connectivity index (χ1n) is 12.2. The van der Waals surface area contributed by atoms with Gasteiger partial charge in [-0.3, -0.25) is 9.42 Å². The van der Waals surface area contributed by atoms with E-state index in [2.05, 4.69) is 55.4 Å². The third kappa shape index (κ3) is 24.9. The summed E-state index contributed by atoms with van der Waals surface area (Å²) in [5, 5.41) is 25.5. The summed E-state index contributed by atoms with van der Waals surface area (Å²) in [6.07, 6.45) is 4.21. The van der Waals surface area contributed by atoms with E-state index >= 15 is 0 Å². The Labute approximate surface area is 203 Å². The molecule has 0 fully saturated rings. The van der Waals surface area contributed by atoms with Gasteiger partial charge >= 0.3 is 7.82 Å². The number of aliphatic hydroxyl groups is 3. The van der Waals surface area contributed by atoms with Gasteiger partial charge in [-0.2, -0.15) is 0 Å². The van der Waals surface area contributed by atoms with Gasteiger partial charge in [-0.25, -0.2) is 4.57 Å². The summed E-state index contributed by atoms with van der Waals surface area (Å²) >= 11 is 0. The molecule has 8 nitrogen and oxygen atoms in total. The SMILES string of the molecule is CC(CCC(COP(=O)(O)O)C(C)CC(C)(C)C)CC(C)(C)C.OCCN(CCO)CCO. The number of aliphatic hydroxyl groups excluding tert-OH is 3. The quantitative estimate of drug-likeness (QED) is 0.214. The van der Waals surface area contributed by atoms with Crippen molar-refractivity contribution < 1.29 is 34.2 Å². The van der Waals surface area contributed by atoms with Crippen LogP contribution in [0.1, 0.15) is 81.1 Å². The Hall–Kier alpha value is -0.0500. The number of hydrogen-bond acceptors (Lipinski definition) is 6. The molecule has 0 aliphatic rings. The summed E-state index contributed by atoms with van der Waals surface area (Å²) < 4.78 is 15.9. The highest BCUT2D eigenvalue weighted by Gasteiger charge is 2.27. The van der Waals surface area contributed by atoms with Crippen molar-refractivity contribution in [1.29, 1.82) is 0 Å². The van der Waals surface area contributed by atoms with Crippen molar-refractivity contribution >= 4 is 7.82 Å². The van der Waals surface area contributed by atoms with E-state index in [4.69, 9.17) is 29.6 Å². The molecule has 0 aromatic heterocycles. The summed E-state index contributed by atoms with van der Waals surface area (Å²) in [4.78, 5) is 19.8. The molecule has 0 bridgehead atoms. The zero-order valence-electron chi connectivity index (χ0n) is 22.5. The molecule has 202 valence electrons. The van der Waals surface area contributed by atoms with Crippen LogP contribution in [0.3, 0.4) is 0 Å². The molecule has 0 aromatic carbocycles. The van der Waals surface area contributed by atoms with Gasteiger partial charge in [-0.15, -0.1) is 0 Å². The highest BCUT2D eigenvalue weighted by atomic mass is 31.2. The van der Waals surface area contributed by atoms with E-state index in [0.717, 1.165) is 25.7 Å². The van der Waals surface area contributed by atoms with Gasteiger partial charge in [-0.05, 0) is 47.8 Å². The average Bonchev–Trinajstić information content (AvgIpc) is 2.59. The van der Waals surface area contributed by atoms with Gasteiger partial charge in [-0.1, -0.05) is 61.8 Å². The van der Waals surface area contributed by atoms with E-state index in [-0.39, 0.29) is 37.8 Å². The summed E-state index contributed by atoms with van der Waals surface area (Å²) in [6.45, 7) is 19.7. The molecule has 0 spiro atoms. The second-order valence-electron chi connectivity index (χ2n) is 11.7. The van der Waals surface area contributed by atoms with E-state index in [1.165, 1.54) is 0 Å². The minimum absolute atomic E-state index is 0.0694. The molecule has 0 aliphatic heterocycles. The maximum Gasteiger partial charge on any atom is 0.469 e. The molecular weight excluding hydrogens is 445 g/mol. The molecule has 0 saturated carbocycles. The van der Waals surface area contributed by atoms with Crippen LogP contribution < -0.4 is 0 Å². The molecule has 9 heteroatoms. The molecule has 3 atom stereocenters.